The Hall–Kier alpha value is -0.650. The average molecular weight is 382 g/mol. The van der Waals surface area contributed by atoms with Gasteiger partial charge in [-0.05, 0) is 43.0 Å². The zero-order valence-corrected chi connectivity index (χ0v) is 17.2. The second-order valence-corrected chi connectivity index (χ2v) is 7.50. The highest BCUT2D eigenvalue weighted by Crippen LogP contribution is 2.29. The Labute approximate surface area is 165 Å². The number of morpholine rings is 1. The quantitative estimate of drug-likeness (QED) is 0.725. The van der Waals surface area contributed by atoms with Crippen molar-refractivity contribution in [2.24, 2.45) is 5.92 Å². The van der Waals surface area contributed by atoms with Gasteiger partial charge in [0, 0.05) is 31.7 Å². The fourth-order valence-electron chi connectivity index (χ4n) is 4.38. The number of nitrogens with zero attached hydrogens (tertiary/aromatic N) is 1. The van der Waals surface area contributed by atoms with Crippen molar-refractivity contribution in [2.75, 3.05) is 32.8 Å². The molecule has 26 heavy (non-hydrogen) atoms. The van der Waals surface area contributed by atoms with Gasteiger partial charge in [-0.25, -0.2) is 0 Å². The van der Waals surface area contributed by atoms with Gasteiger partial charge in [0.25, 0.3) is 0 Å². The van der Waals surface area contributed by atoms with Crippen molar-refractivity contribution in [1.82, 2.24) is 15.5 Å². The van der Waals surface area contributed by atoms with Crippen molar-refractivity contribution >= 4 is 12.4 Å². The fraction of sp³-hybridized carbons (Fsp3) is 0.714. The predicted octanol–water partition coefficient (Wildman–Crippen LogP) is 3.20. The molecule has 1 saturated carbocycles. The van der Waals surface area contributed by atoms with Crippen LogP contribution in [0.2, 0.25) is 0 Å². The fourth-order valence-corrected chi connectivity index (χ4v) is 4.38. The van der Waals surface area contributed by atoms with E-state index in [9.17, 15) is 0 Å². The number of nitrogens with one attached hydrogen (secondary N) is 2. The van der Waals surface area contributed by atoms with Crippen LogP contribution in [-0.4, -0.2) is 49.8 Å². The molecule has 148 valence electrons. The summed E-state index contributed by atoms with van der Waals surface area (Å²) < 4.78 is 5.68. The lowest BCUT2D eigenvalue weighted by Crippen LogP contribution is -2.50. The Morgan fingerprint density at radius 1 is 1.19 bits per heavy atom. The molecule has 1 aromatic rings. The van der Waals surface area contributed by atoms with Crippen molar-refractivity contribution in [1.29, 1.82) is 0 Å². The number of rotatable bonds is 8. The molecule has 3 atom stereocenters. The third kappa shape index (κ3) is 5.93. The van der Waals surface area contributed by atoms with E-state index >= 15 is 0 Å². The van der Waals surface area contributed by atoms with Crippen molar-refractivity contribution in [2.45, 2.75) is 58.3 Å². The second kappa shape index (κ2) is 11.3. The van der Waals surface area contributed by atoms with E-state index in [-0.39, 0.29) is 12.4 Å². The molecule has 0 amide bonds. The van der Waals surface area contributed by atoms with Crippen LogP contribution in [-0.2, 0) is 17.8 Å². The van der Waals surface area contributed by atoms with E-state index in [0.29, 0.717) is 18.0 Å². The molecule has 3 rings (SSSR count). The van der Waals surface area contributed by atoms with Crippen LogP contribution >= 0.6 is 12.4 Å². The van der Waals surface area contributed by atoms with Crippen LogP contribution in [0.25, 0.3) is 0 Å². The van der Waals surface area contributed by atoms with Crippen LogP contribution in [0.15, 0.2) is 24.3 Å². The lowest BCUT2D eigenvalue weighted by atomic mass is 9.94. The van der Waals surface area contributed by atoms with Gasteiger partial charge in [-0.15, -0.1) is 12.4 Å². The SMILES string of the molecule is CCN(CC)Cc1cccc(CNC2CCCC2C2COCCN2)c1.Cl. The molecule has 2 N–H and O–H groups in total. The van der Waals surface area contributed by atoms with Crippen LogP contribution in [0.5, 0.6) is 0 Å². The molecule has 0 spiro atoms. The third-order valence-electron chi connectivity index (χ3n) is 5.90. The van der Waals surface area contributed by atoms with Crippen LogP contribution < -0.4 is 10.6 Å². The summed E-state index contributed by atoms with van der Waals surface area (Å²) >= 11 is 0. The summed E-state index contributed by atoms with van der Waals surface area (Å²) in [4.78, 5) is 2.47. The van der Waals surface area contributed by atoms with Gasteiger partial charge in [-0.2, -0.15) is 0 Å². The summed E-state index contributed by atoms with van der Waals surface area (Å²) in [7, 11) is 0. The number of hydrogen-bond donors (Lipinski definition) is 2. The summed E-state index contributed by atoms with van der Waals surface area (Å²) in [6, 6.07) is 10.2. The lowest BCUT2D eigenvalue weighted by Gasteiger charge is -2.33. The van der Waals surface area contributed by atoms with Crippen molar-refractivity contribution in [3.8, 4) is 0 Å². The summed E-state index contributed by atoms with van der Waals surface area (Å²) in [5, 5.41) is 7.51. The maximum Gasteiger partial charge on any atom is 0.0623 e. The zero-order valence-electron chi connectivity index (χ0n) is 16.4. The van der Waals surface area contributed by atoms with Gasteiger partial charge in [-0.3, -0.25) is 4.90 Å². The predicted molar refractivity (Wildman–Crippen MR) is 111 cm³/mol. The molecule has 4 nitrogen and oxygen atoms in total. The molecule has 1 aromatic carbocycles. The minimum absolute atomic E-state index is 0. The zero-order chi connectivity index (χ0) is 17.5. The first-order valence-corrected chi connectivity index (χ1v) is 10.1. The molecule has 5 heteroatoms. The normalized spacial score (nSPS) is 26.0. The van der Waals surface area contributed by atoms with Crippen molar-refractivity contribution in [3.63, 3.8) is 0 Å². The number of halogens is 1. The van der Waals surface area contributed by atoms with E-state index in [1.165, 1.54) is 30.4 Å². The average Bonchev–Trinajstić information content (AvgIpc) is 3.14. The molecule has 0 radical (unpaired) electrons. The van der Waals surface area contributed by atoms with Gasteiger partial charge < -0.3 is 15.4 Å². The lowest BCUT2D eigenvalue weighted by molar-refractivity contribution is 0.0524. The van der Waals surface area contributed by atoms with Crippen molar-refractivity contribution < 1.29 is 4.74 Å². The van der Waals surface area contributed by atoms with E-state index in [4.69, 9.17) is 4.74 Å². The first-order chi connectivity index (χ1) is 12.3. The van der Waals surface area contributed by atoms with Gasteiger partial charge >= 0.3 is 0 Å². The van der Waals surface area contributed by atoms with E-state index in [1.807, 2.05) is 0 Å². The second-order valence-electron chi connectivity index (χ2n) is 7.50. The Bertz CT molecular complexity index is 518. The van der Waals surface area contributed by atoms with Crippen LogP contribution in [0, 0.1) is 5.92 Å². The molecular formula is C21H36ClN3O. The minimum Gasteiger partial charge on any atom is -0.379 e. The van der Waals surface area contributed by atoms with E-state index in [2.05, 4.69) is 53.6 Å². The van der Waals surface area contributed by atoms with Crippen LogP contribution in [0.4, 0.5) is 0 Å². The number of ether oxygens (including phenoxy) is 1. The van der Waals surface area contributed by atoms with Gasteiger partial charge in [0.2, 0.25) is 0 Å². The highest BCUT2D eigenvalue weighted by molar-refractivity contribution is 5.85. The molecule has 2 fully saturated rings. The monoisotopic (exact) mass is 381 g/mol. The Kier molecular flexibility index (Phi) is 9.37. The summed E-state index contributed by atoms with van der Waals surface area (Å²) in [5.74, 6) is 0.708. The first-order valence-electron chi connectivity index (χ1n) is 10.1. The van der Waals surface area contributed by atoms with Crippen LogP contribution in [0.1, 0.15) is 44.2 Å². The molecule has 1 aliphatic heterocycles. The third-order valence-corrected chi connectivity index (χ3v) is 5.90. The Morgan fingerprint density at radius 2 is 2.00 bits per heavy atom. The molecule has 1 aliphatic carbocycles. The standard InChI is InChI=1S/C21H35N3O.ClH/c1-3-24(4-2)15-18-8-5-7-17(13-18)14-23-20-10-6-9-19(20)21-16-25-12-11-22-21;/h5,7-8,13,19-23H,3-4,6,9-12,14-16H2,1-2H3;1H. The van der Waals surface area contributed by atoms with Gasteiger partial charge in [-0.1, -0.05) is 44.5 Å². The maximum absolute atomic E-state index is 5.68. The molecule has 2 aliphatic rings. The van der Waals surface area contributed by atoms with Gasteiger partial charge in [0.15, 0.2) is 0 Å². The summed E-state index contributed by atoms with van der Waals surface area (Å²) in [5.41, 5.74) is 2.83. The summed E-state index contributed by atoms with van der Waals surface area (Å²) in [6.07, 6.45) is 3.95. The molecular weight excluding hydrogens is 346 g/mol. The molecule has 0 bridgehead atoms. The number of benzene rings is 1. The van der Waals surface area contributed by atoms with E-state index in [1.54, 1.807) is 0 Å². The highest BCUT2D eigenvalue weighted by atomic mass is 35.5. The molecule has 1 saturated heterocycles. The minimum atomic E-state index is 0. The smallest absolute Gasteiger partial charge is 0.0623 e. The topological polar surface area (TPSA) is 36.5 Å². The van der Waals surface area contributed by atoms with E-state index < -0.39 is 0 Å². The largest absolute Gasteiger partial charge is 0.379 e. The van der Waals surface area contributed by atoms with Crippen molar-refractivity contribution in [3.05, 3.63) is 35.4 Å². The molecule has 3 unspecified atom stereocenters. The van der Waals surface area contributed by atoms with Crippen LogP contribution in [0.3, 0.4) is 0 Å². The highest BCUT2D eigenvalue weighted by Gasteiger charge is 2.34. The summed E-state index contributed by atoms with van der Waals surface area (Å²) in [6.45, 7) is 11.5. The number of hydrogen-bond acceptors (Lipinski definition) is 4. The maximum atomic E-state index is 5.68. The first kappa shape index (κ1) is 21.6. The van der Waals surface area contributed by atoms with Gasteiger partial charge in [0.1, 0.15) is 0 Å². The molecule has 0 aromatic heterocycles. The van der Waals surface area contributed by atoms with Gasteiger partial charge in [0.05, 0.1) is 13.2 Å². The Balaban J connectivity index is 0.00000243. The molecule has 1 heterocycles. The Morgan fingerprint density at radius 3 is 2.73 bits per heavy atom. The van der Waals surface area contributed by atoms with E-state index in [0.717, 1.165) is 45.9 Å².